The predicted molar refractivity (Wildman–Crippen MR) is 84.5 cm³/mol. The number of nitrogens with one attached hydrogen (secondary N) is 1. The van der Waals surface area contributed by atoms with Crippen LogP contribution in [0.5, 0.6) is 0 Å². The Labute approximate surface area is 126 Å². The van der Waals surface area contributed by atoms with Gasteiger partial charge in [-0.2, -0.15) is 5.10 Å². The summed E-state index contributed by atoms with van der Waals surface area (Å²) in [7, 11) is 2.20. The van der Waals surface area contributed by atoms with Gasteiger partial charge in [0.15, 0.2) is 5.65 Å². The maximum Gasteiger partial charge on any atom is 0.155 e. The van der Waals surface area contributed by atoms with Gasteiger partial charge in [0, 0.05) is 36.1 Å². The molecule has 5 heteroatoms. The van der Waals surface area contributed by atoms with Crippen molar-refractivity contribution in [3.05, 3.63) is 29.2 Å². The van der Waals surface area contributed by atoms with E-state index in [0.29, 0.717) is 6.04 Å². The minimum absolute atomic E-state index is 0.303. The fourth-order valence-electron chi connectivity index (χ4n) is 3.25. The van der Waals surface area contributed by atoms with Crippen molar-refractivity contribution in [2.45, 2.75) is 33.2 Å². The van der Waals surface area contributed by atoms with Gasteiger partial charge in [0.05, 0.1) is 5.69 Å². The van der Waals surface area contributed by atoms with Crippen LogP contribution in [0.1, 0.15) is 36.3 Å². The van der Waals surface area contributed by atoms with Crippen molar-refractivity contribution < 1.29 is 0 Å². The second kappa shape index (κ2) is 5.73. The molecule has 2 unspecified atom stereocenters. The Bertz CT molecular complexity index is 633. The van der Waals surface area contributed by atoms with Crippen LogP contribution in [0.25, 0.3) is 5.65 Å². The smallest absolute Gasteiger partial charge is 0.155 e. The largest absolute Gasteiger partial charge is 0.310 e. The molecule has 0 aliphatic carbocycles. The SMILES string of the molecule is Cc1cc2ncc(C(C)NCC3CCN(C)C3)c(C)n2n1. The molecule has 1 fully saturated rings. The maximum absolute atomic E-state index is 4.53. The lowest BCUT2D eigenvalue weighted by molar-refractivity contribution is 0.381. The number of fused-ring (bicyclic) bond motifs is 1. The Morgan fingerprint density at radius 1 is 1.43 bits per heavy atom. The van der Waals surface area contributed by atoms with Gasteiger partial charge in [-0.1, -0.05) is 0 Å². The summed E-state index contributed by atoms with van der Waals surface area (Å²) >= 11 is 0. The van der Waals surface area contributed by atoms with Crippen molar-refractivity contribution in [3.63, 3.8) is 0 Å². The van der Waals surface area contributed by atoms with Crippen LogP contribution in [0, 0.1) is 19.8 Å². The first-order valence-corrected chi connectivity index (χ1v) is 7.78. The van der Waals surface area contributed by atoms with E-state index in [2.05, 4.69) is 41.2 Å². The summed E-state index contributed by atoms with van der Waals surface area (Å²) in [5, 5.41) is 8.19. The van der Waals surface area contributed by atoms with E-state index in [1.165, 1.54) is 30.8 Å². The highest BCUT2D eigenvalue weighted by Gasteiger charge is 2.20. The van der Waals surface area contributed by atoms with Crippen molar-refractivity contribution in [2.75, 3.05) is 26.7 Å². The van der Waals surface area contributed by atoms with E-state index < -0.39 is 0 Å². The van der Waals surface area contributed by atoms with Gasteiger partial charge in [-0.05, 0) is 53.2 Å². The van der Waals surface area contributed by atoms with Gasteiger partial charge >= 0.3 is 0 Å². The first kappa shape index (κ1) is 14.5. The van der Waals surface area contributed by atoms with Crippen molar-refractivity contribution in [1.29, 1.82) is 0 Å². The van der Waals surface area contributed by atoms with Crippen LogP contribution in [0.2, 0.25) is 0 Å². The molecule has 0 spiro atoms. The number of hydrogen-bond donors (Lipinski definition) is 1. The van der Waals surface area contributed by atoms with Gasteiger partial charge < -0.3 is 10.2 Å². The lowest BCUT2D eigenvalue weighted by atomic mass is 10.1. The van der Waals surface area contributed by atoms with Gasteiger partial charge in [-0.3, -0.25) is 0 Å². The van der Waals surface area contributed by atoms with Crippen molar-refractivity contribution in [2.24, 2.45) is 5.92 Å². The zero-order valence-corrected chi connectivity index (χ0v) is 13.4. The van der Waals surface area contributed by atoms with E-state index in [0.717, 1.165) is 23.8 Å². The van der Waals surface area contributed by atoms with Crippen LogP contribution < -0.4 is 5.32 Å². The van der Waals surface area contributed by atoms with E-state index in [-0.39, 0.29) is 0 Å². The number of rotatable bonds is 4. The molecule has 2 aromatic rings. The molecule has 3 rings (SSSR count). The van der Waals surface area contributed by atoms with Gasteiger partial charge in [-0.25, -0.2) is 9.50 Å². The summed E-state index contributed by atoms with van der Waals surface area (Å²) in [6, 6.07) is 2.32. The van der Waals surface area contributed by atoms with Crippen LogP contribution in [0.3, 0.4) is 0 Å². The number of aryl methyl sites for hydroxylation is 2. The topological polar surface area (TPSA) is 45.5 Å². The van der Waals surface area contributed by atoms with Crippen LogP contribution in [-0.2, 0) is 0 Å². The standard InChI is InChI=1S/C16H25N5/c1-11-7-16-18-9-15(13(3)21(16)19-11)12(2)17-8-14-5-6-20(4)10-14/h7,9,12,14,17H,5-6,8,10H2,1-4H3. The molecule has 2 aromatic heterocycles. The molecule has 0 amide bonds. The molecule has 0 saturated carbocycles. The zero-order chi connectivity index (χ0) is 15.0. The quantitative estimate of drug-likeness (QED) is 0.933. The summed E-state index contributed by atoms with van der Waals surface area (Å²) < 4.78 is 1.95. The highest BCUT2D eigenvalue weighted by molar-refractivity contribution is 5.42. The molecule has 1 aliphatic rings. The molecule has 114 valence electrons. The van der Waals surface area contributed by atoms with Gasteiger partial charge in [-0.15, -0.1) is 0 Å². The van der Waals surface area contributed by atoms with Crippen molar-refractivity contribution in [1.82, 2.24) is 24.8 Å². The fraction of sp³-hybridized carbons (Fsp3) is 0.625. The highest BCUT2D eigenvalue weighted by Crippen LogP contribution is 2.19. The lowest BCUT2D eigenvalue weighted by Gasteiger charge is -2.19. The summed E-state index contributed by atoms with van der Waals surface area (Å²) in [6.07, 6.45) is 3.29. The minimum atomic E-state index is 0.303. The lowest BCUT2D eigenvalue weighted by Crippen LogP contribution is -2.28. The third kappa shape index (κ3) is 2.94. The molecular formula is C16H25N5. The average Bonchev–Trinajstić information content (AvgIpc) is 3.02. The number of hydrogen-bond acceptors (Lipinski definition) is 4. The van der Waals surface area contributed by atoms with E-state index in [9.17, 15) is 0 Å². The molecule has 1 N–H and O–H groups in total. The number of nitrogens with zero attached hydrogens (tertiary/aromatic N) is 4. The van der Waals surface area contributed by atoms with Crippen LogP contribution in [0.15, 0.2) is 12.3 Å². The van der Waals surface area contributed by atoms with E-state index in [1.807, 2.05) is 23.7 Å². The van der Waals surface area contributed by atoms with Crippen molar-refractivity contribution in [3.8, 4) is 0 Å². The summed E-state index contributed by atoms with van der Waals surface area (Å²) in [4.78, 5) is 6.93. The molecule has 1 aliphatic heterocycles. The fourth-order valence-corrected chi connectivity index (χ4v) is 3.25. The third-order valence-electron chi connectivity index (χ3n) is 4.55. The van der Waals surface area contributed by atoms with E-state index >= 15 is 0 Å². The van der Waals surface area contributed by atoms with Crippen LogP contribution in [-0.4, -0.2) is 46.2 Å². The Kier molecular flexibility index (Phi) is 3.95. The second-order valence-electron chi connectivity index (χ2n) is 6.40. The van der Waals surface area contributed by atoms with Gasteiger partial charge in [0.25, 0.3) is 0 Å². The zero-order valence-electron chi connectivity index (χ0n) is 13.4. The summed E-state index contributed by atoms with van der Waals surface area (Å²) in [5.41, 5.74) is 4.35. The van der Waals surface area contributed by atoms with Gasteiger partial charge in [0.1, 0.15) is 0 Å². The molecule has 2 atom stereocenters. The number of likely N-dealkylation sites (tertiary alicyclic amines) is 1. The molecule has 3 heterocycles. The minimum Gasteiger partial charge on any atom is -0.310 e. The Hall–Kier alpha value is -1.46. The molecule has 0 bridgehead atoms. The molecule has 0 radical (unpaired) electrons. The Morgan fingerprint density at radius 2 is 2.24 bits per heavy atom. The van der Waals surface area contributed by atoms with Gasteiger partial charge in [0.2, 0.25) is 0 Å². The first-order valence-electron chi connectivity index (χ1n) is 7.78. The Balaban J connectivity index is 1.72. The molecule has 5 nitrogen and oxygen atoms in total. The van der Waals surface area contributed by atoms with Crippen LogP contribution >= 0.6 is 0 Å². The van der Waals surface area contributed by atoms with E-state index in [4.69, 9.17) is 0 Å². The molecule has 21 heavy (non-hydrogen) atoms. The maximum atomic E-state index is 4.53. The summed E-state index contributed by atoms with van der Waals surface area (Å²) in [5.74, 6) is 0.765. The third-order valence-corrected chi connectivity index (χ3v) is 4.55. The van der Waals surface area contributed by atoms with E-state index in [1.54, 1.807) is 0 Å². The highest BCUT2D eigenvalue weighted by atomic mass is 15.3. The molecule has 0 aromatic carbocycles. The normalized spacial score (nSPS) is 21.2. The average molecular weight is 287 g/mol. The monoisotopic (exact) mass is 287 g/mol. The van der Waals surface area contributed by atoms with Crippen LogP contribution in [0.4, 0.5) is 0 Å². The molecular weight excluding hydrogens is 262 g/mol. The predicted octanol–water partition coefficient (Wildman–Crippen LogP) is 1.95. The number of aromatic nitrogens is 3. The van der Waals surface area contributed by atoms with Crippen molar-refractivity contribution >= 4 is 5.65 Å². The second-order valence-corrected chi connectivity index (χ2v) is 6.40. The molecule has 1 saturated heterocycles. The Morgan fingerprint density at radius 3 is 2.95 bits per heavy atom. The summed E-state index contributed by atoms with van der Waals surface area (Å²) in [6.45, 7) is 9.84. The first-order chi connectivity index (χ1) is 10.0.